The van der Waals surface area contributed by atoms with Gasteiger partial charge in [0.1, 0.15) is 0 Å². The zero-order valence-electron chi connectivity index (χ0n) is 10.8. The number of likely N-dealkylation sites (tertiary alicyclic amines) is 1. The molecule has 2 atom stereocenters. The predicted molar refractivity (Wildman–Crippen MR) is 66.2 cm³/mol. The van der Waals surface area contributed by atoms with Crippen LogP contribution in [0.1, 0.15) is 13.3 Å². The molecular formula is C12H27N3. The van der Waals surface area contributed by atoms with Gasteiger partial charge in [0.25, 0.3) is 0 Å². The van der Waals surface area contributed by atoms with Gasteiger partial charge in [0.2, 0.25) is 0 Å². The molecule has 0 amide bonds. The first-order valence-electron chi connectivity index (χ1n) is 6.13. The highest BCUT2D eigenvalue weighted by Gasteiger charge is 2.20. The third-order valence-electron chi connectivity index (χ3n) is 3.23. The molecule has 0 aromatic carbocycles. The molecule has 90 valence electrons. The molecule has 0 bridgehead atoms. The third-order valence-corrected chi connectivity index (χ3v) is 3.23. The molecule has 1 saturated heterocycles. The second kappa shape index (κ2) is 6.46. The van der Waals surface area contributed by atoms with Crippen LogP contribution in [-0.4, -0.2) is 63.7 Å². The summed E-state index contributed by atoms with van der Waals surface area (Å²) >= 11 is 0. The standard InChI is InChI=1S/C12H27N3/c1-11(7-13-2)8-15(4)10-12-5-6-14(3)9-12/h11-13H,5-10H2,1-4H3. The van der Waals surface area contributed by atoms with Crippen molar-refractivity contribution in [3.8, 4) is 0 Å². The molecule has 1 N–H and O–H groups in total. The molecule has 2 unspecified atom stereocenters. The molecule has 0 aromatic rings. The van der Waals surface area contributed by atoms with Gasteiger partial charge in [0.05, 0.1) is 0 Å². The fraction of sp³-hybridized carbons (Fsp3) is 1.00. The molecule has 1 aliphatic rings. The molecule has 1 fully saturated rings. The number of nitrogens with zero attached hydrogens (tertiary/aromatic N) is 2. The monoisotopic (exact) mass is 213 g/mol. The number of hydrogen-bond acceptors (Lipinski definition) is 3. The van der Waals surface area contributed by atoms with Crippen LogP contribution in [0.2, 0.25) is 0 Å². The zero-order valence-corrected chi connectivity index (χ0v) is 10.8. The molecule has 0 saturated carbocycles. The lowest BCUT2D eigenvalue weighted by molar-refractivity contribution is 0.242. The van der Waals surface area contributed by atoms with Crippen LogP contribution in [-0.2, 0) is 0 Å². The highest BCUT2D eigenvalue weighted by atomic mass is 15.1. The van der Waals surface area contributed by atoms with E-state index in [1.54, 1.807) is 0 Å². The van der Waals surface area contributed by atoms with E-state index < -0.39 is 0 Å². The van der Waals surface area contributed by atoms with Crippen molar-refractivity contribution in [3.63, 3.8) is 0 Å². The largest absolute Gasteiger partial charge is 0.319 e. The van der Waals surface area contributed by atoms with Crippen LogP contribution >= 0.6 is 0 Å². The van der Waals surface area contributed by atoms with Crippen molar-refractivity contribution < 1.29 is 0 Å². The summed E-state index contributed by atoms with van der Waals surface area (Å²) in [5.41, 5.74) is 0. The van der Waals surface area contributed by atoms with Gasteiger partial charge in [-0.3, -0.25) is 0 Å². The molecule has 0 aromatic heterocycles. The van der Waals surface area contributed by atoms with Crippen LogP contribution in [0.15, 0.2) is 0 Å². The highest BCUT2D eigenvalue weighted by Crippen LogP contribution is 2.15. The molecule has 0 aliphatic carbocycles. The summed E-state index contributed by atoms with van der Waals surface area (Å²) in [6, 6.07) is 0. The Hall–Kier alpha value is -0.120. The molecule has 1 aliphatic heterocycles. The lowest BCUT2D eigenvalue weighted by Gasteiger charge is -2.24. The van der Waals surface area contributed by atoms with E-state index in [2.05, 4.69) is 36.1 Å². The minimum absolute atomic E-state index is 0.749. The lowest BCUT2D eigenvalue weighted by Crippen LogP contribution is -2.33. The van der Waals surface area contributed by atoms with Crippen molar-refractivity contribution in [1.29, 1.82) is 0 Å². The molecule has 15 heavy (non-hydrogen) atoms. The van der Waals surface area contributed by atoms with Gasteiger partial charge in [-0.05, 0) is 52.5 Å². The first-order valence-corrected chi connectivity index (χ1v) is 6.13. The summed E-state index contributed by atoms with van der Waals surface area (Å²) in [6.45, 7) is 8.47. The molecule has 1 rings (SSSR count). The molecule has 3 heteroatoms. The van der Waals surface area contributed by atoms with Gasteiger partial charge in [-0.15, -0.1) is 0 Å². The van der Waals surface area contributed by atoms with Crippen molar-refractivity contribution in [3.05, 3.63) is 0 Å². The second-order valence-corrected chi connectivity index (χ2v) is 5.30. The molecule has 3 nitrogen and oxygen atoms in total. The summed E-state index contributed by atoms with van der Waals surface area (Å²) < 4.78 is 0. The molecule has 0 spiro atoms. The van der Waals surface area contributed by atoms with Gasteiger partial charge in [0.15, 0.2) is 0 Å². The van der Waals surface area contributed by atoms with Crippen molar-refractivity contribution in [2.24, 2.45) is 11.8 Å². The Kier molecular flexibility index (Phi) is 5.58. The maximum absolute atomic E-state index is 3.24. The topological polar surface area (TPSA) is 18.5 Å². The Bertz CT molecular complexity index is 172. The molecule has 0 radical (unpaired) electrons. The van der Waals surface area contributed by atoms with E-state index >= 15 is 0 Å². The Morgan fingerprint density at radius 2 is 2.27 bits per heavy atom. The first-order chi connectivity index (χ1) is 7.11. The van der Waals surface area contributed by atoms with Crippen LogP contribution < -0.4 is 5.32 Å². The SMILES string of the molecule is CNCC(C)CN(C)CC1CCN(C)C1. The summed E-state index contributed by atoms with van der Waals surface area (Å²) in [5, 5.41) is 3.24. The first kappa shape index (κ1) is 12.9. The summed E-state index contributed by atoms with van der Waals surface area (Å²) in [6.07, 6.45) is 1.38. The lowest BCUT2D eigenvalue weighted by atomic mass is 10.1. The van der Waals surface area contributed by atoms with Crippen molar-refractivity contribution in [2.45, 2.75) is 13.3 Å². The second-order valence-electron chi connectivity index (χ2n) is 5.30. The average Bonchev–Trinajstić information content (AvgIpc) is 2.51. The van der Waals surface area contributed by atoms with Crippen LogP contribution in [0.25, 0.3) is 0 Å². The van der Waals surface area contributed by atoms with E-state index in [1.807, 2.05) is 7.05 Å². The van der Waals surface area contributed by atoms with Gasteiger partial charge in [0, 0.05) is 19.6 Å². The van der Waals surface area contributed by atoms with Crippen molar-refractivity contribution in [2.75, 3.05) is 53.9 Å². The zero-order chi connectivity index (χ0) is 11.3. The maximum Gasteiger partial charge on any atom is 0.00194 e. The van der Waals surface area contributed by atoms with E-state index in [1.165, 1.54) is 32.6 Å². The van der Waals surface area contributed by atoms with Crippen molar-refractivity contribution in [1.82, 2.24) is 15.1 Å². The predicted octanol–water partition coefficient (Wildman–Crippen LogP) is 0.725. The highest BCUT2D eigenvalue weighted by molar-refractivity contribution is 4.75. The minimum atomic E-state index is 0.749. The van der Waals surface area contributed by atoms with Crippen LogP contribution in [0.4, 0.5) is 0 Å². The minimum Gasteiger partial charge on any atom is -0.319 e. The average molecular weight is 213 g/mol. The van der Waals surface area contributed by atoms with Crippen LogP contribution in [0, 0.1) is 11.8 Å². The molecular weight excluding hydrogens is 186 g/mol. The molecule has 1 heterocycles. The summed E-state index contributed by atoms with van der Waals surface area (Å²) in [7, 11) is 6.51. The third kappa shape index (κ3) is 4.96. The van der Waals surface area contributed by atoms with E-state index in [0.717, 1.165) is 18.4 Å². The van der Waals surface area contributed by atoms with E-state index in [-0.39, 0.29) is 0 Å². The summed E-state index contributed by atoms with van der Waals surface area (Å²) in [4.78, 5) is 4.93. The van der Waals surface area contributed by atoms with Gasteiger partial charge < -0.3 is 15.1 Å². The van der Waals surface area contributed by atoms with Crippen molar-refractivity contribution >= 4 is 0 Å². The Balaban J connectivity index is 2.15. The fourth-order valence-corrected chi connectivity index (χ4v) is 2.64. The smallest absolute Gasteiger partial charge is 0.00194 e. The maximum atomic E-state index is 3.24. The summed E-state index contributed by atoms with van der Waals surface area (Å²) in [5.74, 6) is 1.64. The van der Waals surface area contributed by atoms with Gasteiger partial charge in [-0.1, -0.05) is 6.92 Å². The quantitative estimate of drug-likeness (QED) is 0.701. The van der Waals surface area contributed by atoms with Crippen LogP contribution in [0.3, 0.4) is 0 Å². The number of nitrogens with one attached hydrogen (secondary N) is 1. The normalized spacial score (nSPS) is 25.0. The number of hydrogen-bond donors (Lipinski definition) is 1. The van der Waals surface area contributed by atoms with Crippen LogP contribution in [0.5, 0.6) is 0 Å². The van der Waals surface area contributed by atoms with E-state index in [4.69, 9.17) is 0 Å². The fourth-order valence-electron chi connectivity index (χ4n) is 2.64. The van der Waals surface area contributed by atoms with Gasteiger partial charge in [-0.25, -0.2) is 0 Å². The Morgan fingerprint density at radius 1 is 1.53 bits per heavy atom. The van der Waals surface area contributed by atoms with E-state index in [0.29, 0.717) is 0 Å². The van der Waals surface area contributed by atoms with Gasteiger partial charge in [-0.2, -0.15) is 0 Å². The number of rotatable bonds is 6. The van der Waals surface area contributed by atoms with E-state index in [9.17, 15) is 0 Å². The van der Waals surface area contributed by atoms with Gasteiger partial charge >= 0.3 is 0 Å². The Labute approximate surface area is 94.8 Å². The Morgan fingerprint density at radius 3 is 2.80 bits per heavy atom.